The molecule has 4 heteroatoms. The fourth-order valence-corrected chi connectivity index (χ4v) is 0.907. The van der Waals surface area contributed by atoms with Crippen molar-refractivity contribution in [2.45, 2.75) is 19.9 Å². The van der Waals surface area contributed by atoms with Crippen LogP contribution in [-0.2, 0) is 4.79 Å². The molecule has 0 fully saturated rings. The van der Waals surface area contributed by atoms with Crippen LogP contribution in [0.3, 0.4) is 0 Å². The van der Waals surface area contributed by atoms with Crippen LogP contribution in [-0.4, -0.2) is 22.1 Å². The van der Waals surface area contributed by atoms with E-state index in [-0.39, 0.29) is 0 Å². The minimum Gasteiger partial charge on any atom is -0.480 e. The smallest absolute Gasteiger partial charge is 0.325 e. The van der Waals surface area contributed by atoms with Crippen molar-refractivity contribution in [1.29, 1.82) is 0 Å². The molecule has 1 aromatic rings. The van der Waals surface area contributed by atoms with Gasteiger partial charge in [0.15, 0.2) is 0 Å². The minimum atomic E-state index is -0.886. The van der Waals surface area contributed by atoms with Crippen molar-refractivity contribution in [3.63, 3.8) is 0 Å². The second-order valence-electron chi connectivity index (χ2n) is 2.87. The van der Waals surface area contributed by atoms with Crippen LogP contribution < -0.4 is 5.32 Å². The fraction of sp³-hybridized carbons (Fsp3) is 0.333. The summed E-state index contributed by atoms with van der Waals surface area (Å²) in [5, 5.41) is 11.4. The van der Waals surface area contributed by atoms with Gasteiger partial charge >= 0.3 is 5.97 Å². The van der Waals surface area contributed by atoms with Gasteiger partial charge in [-0.3, -0.25) is 4.79 Å². The van der Waals surface area contributed by atoms with Gasteiger partial charge in [0, 0.05) is 5.69 Å². The van der Waals surface area contributed by atoms with Crippen molar-refractivity contribution in [3.8, 4) is 0 Å². The van der Waals surface area contributed by atoms with Gasteiger partial charge in [0.2, 0.25) is 0 Å². The second kappa shape index (κ2) is 3.89. The van der Waals surface area contributed by atoms with Gasteiger partial charge in [0.05, 0.1) is 0 Å². The summed E-state index contributed by atoms with van der Waals surface area (Å²) in [6.07, 6.45) is 0. The number of hydrogen-bond donors (Lipinski definition) is 2. The molecule has 0 amide bonds. The molecule has 0 spiro atoms. The van der Waals surface area contributed by atoms with Crippen LogP contribution in [0.4, 0.5) is 5.82 Å². The fourth-order valence-electron chi connectivity index (χ4n) is 0.907. The van der Waals surface area contributed by atoms with E-state index in [1.54, 1.807) is 13.0 Å². The maximum atomic E-state index is 10.5. The monoisotopic (exact) mass is 180 g/mol. The number of nitrogens with one attached hydrogen (secondary N) is 1. The first-order valence-corrected chi connectivity index (χ1v) is 4.02. The number of aryl methyl sites for hydroxylation is 1. The average Bonchev–Trinajstić information content (AvgIpc) is 2.04. The van der Waals surface area contributed by atoms with E-state index in [9.17, 15) is 4.79 Å². The van der Waals surface area contributed by atoms with Crippen molar-refractivity contribution >= 4 is 11.8 Å². The molecular weight excluding hydrogens is 168 g/mol. The summed E-state index contributed by atoms with van der Waals surface area (Å²) < 4.78 is 0. The molecule has 0 aliphatic carbocycles. The van der Waals surface area contributed by atoms with Crippen LogP contribution in [0.25, 0.3) is 0 Å². The van der Waals surface area contributed by atoms with Gasteiger partial charge in [-0.05, 0) is 26.0 Å². The number of hydrogen-bond acceptors (Lipinski definition) is 3. The summed E-state index contributed by atoms with van der Waals surface area (Å²) in [6, 6.07) is 4.82. The number of nitrogens with zero attached hydrogens (tertiary/aromatic N) is 1. The zero-order chi connectivity index (χ0) is 9.84. The van der Waals surface area contributed by atoms with Gasteiger partial charge in [0.25, 0.3) is 0 Å². The molecule has 0 radical (unpaired) electrons. The van der Waals surface area contributed by atoms with Crippen LogP contribution >= 0.6 is 0 Å². The molecule has 0 aromatic carbocycles. The SMILES string of the molecule is Cc1cccc(N[C@H](C)C(=O)O)n1. The van der Waals surface area contributed by atoms with Crippen LogP contribution in [0.2, 0.25) is 0 Å². The van der Waals surface area contributed by atoms with E-state index in [0.717, 1.165) is 5.69 Å². The Hall–Kier alpha value is -1.58. The lowest BCUT2D eigenvalue weighted by Crippen LogP contribution is -2.25. The molecule has 2 N–H and O–H groups in total. The number of pyridine rings is 1. The van der Waals surface area contributed by atoms with Crippen molar-refractivity contribution in [3.05, 3.63) is 23.9 Å². The number of aromatic nitrogens is 1. The highest BCUT2D eigenvalue weighted by atomic mass is 16.4. The summed E-state index contributed by atoms with van der Waals surface area (Å²) in [6.45, 7) is 3.43. The molecule has 0 aliphatic heterocycles. The minimum absolute atomic E-state index is 0.593. The Labute approximate surface area is 76.6 Å². The van der Waals surface area contributed by atoms with Gasteiger partial charge in [-0.25, -0.2) is 4.98 Å². The quantitative estimate of drug-likeness (QED) is 0.735. The van der Waals surface area contributed by atoms with E-state index in [4.69, 9.17) is 5.11 Å². The summed E-state index contributed by atoms with van der Waals surface area (Å²) in [5.41, 5.74) is 0.864. The number of rotatable bonds is 3. The number of carbonyl (C=O) groups is 1. The van der Waals surface area contributed by atoms with Gasteiger partial charge < -0.3 is 10.4 Å². The Morgan fingerprint density at radius 1 is 1.62 bits per heavy atom. The van der Waals surface area contributed by atoms with Gasteiger partial charge in [-0.2, -0.15) is 0 Å². The van der Waals surface area contributed by atoms with Crippen molar-refractivity contribution < 1.29 is 9.90 Å². The molecule has 1 aromatic heterocycles. The molecule has 0 bridgehead atoms. The second-order valence-corrected chi connectivity index (χ2v) is 2.87. The predicted octanol–water partition coefficient (Wildman–Crippen LogP) is 1.28. The third-order valence-electron chi connectivity index (χ3n) is 1.62. The molecule has 0 saturated carbocycles. The topological polar surface area (TPSA) is 62.2 Å². The molecular formula is C9H12N2O2. The molecule has 1 heterocycles. The third-order valence-corrected chi connectivity index (χ3v) is 1.62. The Kier molecular flexibility index (Phi) is 2.84. The van der Waals surface area contributed by atoms with Gasteiger partial charge in [-0.1, -0.05) is 6.07 Å². The third kappa shape index (κ3) is 2.74. The normalized spacial score (nSPS) is 12.2. The van der Waals surface area contributed by atoms with E-state index in [2.05, 4.69) is 10.3 Å². The highest BCUT2D eigenvalue weighted by molar-refractivity contribution is 5.76. The maximum Gasteiger partial charge on any atom is 0.325 e. The van der Waals surface area contributed by atoms with Gasteiger partial charge in [0.1, 0.15) is 11.9 Å². The van der Waals surface area contributed by atoms with Crippen LogP contribution in [0.15, 0.2) is 18.2 Å². The highest BCUT2D eigenvalue weighted by Crippen LogP contribution is 2.05. The first kappa shape index (κ1) is 9.51. The van der Waals surface area contributed by atoms with Crippen LogP contribution in [0.5, 0.6) is 0 Å². The standard InChI is InChI=1S/C9H12N2O2/c1-6-4-3-5-8(10-6)11-7(2)9(12)13/h3-5,7H,1-2H3,(H,10,11)(H,12,13)/t7-/m1/s1. The summed E-state index contributed by atoms with van der Waals surface area (Å²) in [5.74, 6) is -0.293. The first-order valence-electron chi connectivity index (χ1n) is 4.02. The molecule has 1 atom stereocenters. The van der Waals surface area contributed by atoms with Crippen molar-refractivity contribution in [2.24, 2.45) is 0 Å². The molecule has 0 unspecified atom stereocenters. The number of carboxylic acids is 1. The van der Waals surface area contributed by atoms with Crippen molar-refractivity contribution in [1.82, 2.24) is 4.98 Å². The zero-order valence-corrected chi connectivity index (χ0v) is 7.61. The van der Waals surface area contributed by atoms with E-state index in [1.807, 2.05) is 19.1 Å². The molecule has 0 saturated heterocycles. The number of anilines is 1. The molecule has 13 heavy (non-hydrogen) atoms. The Morgan fingerprint density at radius 3 is 2.85 bits per heavy atom. The predicted molar refractivity (Wildman–Crippen MR) is 49.7 cm³/mol. The van der Waals surface area contributed by atoms with E-state index >= 15 is 0 Å². The van der Waals surface area contributed by atoms with Gasteiger partial charge in [-0.15, -0.1) is 0 Å². The lowest BCUT2D eigenvalue weighted by atomic mass is 10.3. The van der Waals surface area contributed by atoms with E-state index < -0.39 is 12.0 Å². The zero-order valence-electron chi connectivity index (χ0n) is 7.61. The Balaban J connectivity index is 2.69. The maximum absolute atomic E-state index is 10.5. The van der Waals surface area contributed by atoms with E-state index in [1.165, 1.54) is 0 Å². The molecule has 4 nitrogen and oxygen atoms in total. The molecule has 0 aliphatic rings. The average molecular weight is 180 g/mol. The number of carboxylic acid groups (broad SMARTS) is 1. The molecule has 70 valence electrons. The summed E-state index contributed by atoms with van der Waals surface area (Å²) in [7, 11) is 0. The lowest BCUT2D eigenvalue weighted by molar-refractivity contribution is -0.137. The summed E-state index contributed by atoms with van der Waals surface area (Å²) >= 11 is 0. The lowest BCUT2D eigenvalue weighted by Gasteiger charge is -2.09. The Bertz CT molecular complexity index is 312. The van der Waals surface area contributed by atoms with Crippen molar-refractivity contribution in [2.75, 3.05) is 5.32 Å². The Morgan fingerprint density at radius 2 is 2.31 bits per heavy atom. The van der Waals surface area contributed by atoms with Crippen LogP contribution in [0.1, 0.15) is 12.6 Å². The summed E-state index contributed by atoms with van der Waals surface area (Å²) in [4.78, 5) is 14.6. The number of aliphatic carboxylic acids is 1. The van der Waals surface area contributed by atoms with E-state index in [0.29, 0.717) is 5.82 Å². The highest BCUT2D eigenvalue weighted by Gasteiger charge is 2.09. The van der Waals surface area contributed by atoms with Crippen LogP contribution in [0, 0.1) is 6.92 Å². The molecule has 1 rings (SSSR count). The largest absolute Gasteiger partial charge is 0.480 e. The first-order chi connectivity index (χ1) is 6.09.